The Hall–Kier alpha value is -2.67. The van der Waals surface area contributed by atoms with Crippen LogP contribution in [-0.2, 0) is 30.5 Å². The Morgan fingerprint density at radius 3 is 2.70 bits per heavy atom. The first-order valence-corrected chi connectivity index (χ1v) is 8.94. The van der Waals surface area contributed by atoms with Crippen LogP contribution in [0.2, 0.25) is 0 Å². The van der Waals surface area contributed by atoms with Gasteiger partial charge in [0, 0.05) is 0 Å². The Morgan fingerprint density at radius 1 is 1.33 bits per heavy atom. The summed E-state index contributed by atoms with van der Waals surface area (Å²) in [6.07, 6.45) is 1.91. The highest BCUT2D eigenvalue weighted by Gasteiger charge is 2.73. The Morgan fingerprint density at radius 2 is 2.04 bits per heavy atom. The van der Waals surface area contributed by atoms with Gasteiger partial charge in [-0.05, 0) is 31.1 Å². The molecule has 2 saturated heterocycles. The van der Waals surface area contributed by atoms with Gasteiger partial charge in [0.25, 0.3) is 0 Å². The molecule has 0 aliphatic carbocycles. The molecule has 0 aromatic heterocycles. The number of nitrogens with two attached hydrogens (primary N) is 1. The highest BCUT2D eigenvalue weighted by atomic mass is 16.6. The largest absolute Gasteiger partial charge is 0.460 e. The first-order valence-electron chi connectivity index (χ1n) is 8.94. The summed E-state index contributed by atoms with van der Waals surface area (Å²) in [4.78, 5) is 38.6. The van der Waals surface area contributed by atoms with E-state index in [2.05, 4.69) is 0 Å². The van der Waals surface area contributed by atoms with Gasteiger partial charge in [-0.2, -0.15) is 0 Å². The zero-order valence-corrected chi connectivity index (χ0v) is 15.3. The van der Waals surface area contributed by atoms with Crippen molar-refractivity contribution in [2.75, 3.05) is 13.1 Å². The molecule has 4 atom stereocenters. The fourth-order valence-electron chi connectivity index (χ4n) is 4.68. The van der Waals surface area contributed by atoms with Crippen molar-refractivity contribution in [1.82, 2.24) is 4.90 Å². The maximum atomic E-state index is 13.0. The number of benzene rings is 1. The summed E-state index contributed by atoms with van der Waals surface area (Å²) in [5.74, 6) is -2.80. The molecule has 1 spiro atoms. The Kier molecular flexibility index (Phi) is 3.89. The molecule has 2 fully saturated rings. The average molecular weight is 370 g/mol. The standard InChI is InChI=1S/C20H22N2O5/c1-12-8-20-11-22(9-14(21)23)17(24)15(20)16(19(12,2)27-20)18(25)26-10-13-6-4-3-5-7-13/h3-8,15-16H,9-11H2,1-2H3,(H2,21,23)/t15-,16+,19-,20+/m0/s1. The van der Waals surface area contributed by atoms with Gasteiger partial charge in [0.2, 0.25) is 11.8 Å². The molecule has 0 saturated carbocycles. The molecule has 0 unspecified atom stereocenters. The molecule has 3 heterocycles. The van der Waals surface area contributed by atoms with Crippen molar-refractivity contribution in [2.24, 2.45) is 17.6 Å². The Labute approximate surface area is 157 Å². The first kappa shape index (κ1) is 17.7. The van der Waals surface area contributed by atoms with Crippen molar-refractivity contribution < 1.29 is 23.9 Å². The molecule has 2 bridgehead atoms. The maximum Gasteiger partial charge on any atom is 0.313 e. The summed E-state index contributed by atoms with van der Waals surface area (Å²) < 4.78 is 11.8. The number of esters is 1. The van der Waals surface area contributed by atoms with Crippen molar-refractivity contribution in [3.8, 4) is 0 Å². The number of primary amides is 1. The molecular weight excluding hydrogens is 348 g/mol. The molecule has 4 rings (SSSR count). The summed E-state index contributed by atoms with van der Waals surface area (Å²) in [5.41, 5.74) is 5.24. The van der Waals surface area contributed by atoms with Crippen LogP contribution in [0.25, 0.3) is 0 Å². The number of ether oxygens (including phenoxy) is 2. The van der Waals surface area contributed by atoms with Crippen LogP contribution >= 0.6 is 0 Å². The lowest BCUT2D eigenvalue weighted by atomic mass is 9.69. The van der Waals surface area contributed by atoms with Gasteiger partial charge in [0.05, 0.1) is 19.0 Å². The number of rotatable bonds is 5. The van der Waals surface area contributed by atoms with E-state index in [1.165, 1.54) is 4.90 Å². The van der Waals surface area contributed by atoms with Crippen molar-refractivity contribution in [2.45, 2.75) is 31.7 Å². The van der Waals surface area contributed by atoms with E-state index < -0.39 is 34.9 Å². The smallest absolute Gasteiger partial charge is 0.313 e. The third-order valence-electron chi connectivity index (χ3n) is 5.94. The predicted molar refractivity (Wildman–Crippen MR) is 95.0 cm³/mol. The van der Waals surface area contributed by atoms with Gasteiger partial charge in [-0.15, -0.1) is 0 Å². The topological polar surface area (TPSA) is 98.9 Å². The monoisotopic (exact) mass is 370 g/mol. The van der Waals surface area contributed by atoms with Crippen LogP contribution in [0.5, 0.6) is 0 Å². The van der Waals surface area contributed by atoms with Crippen LogP contribution in [-0.4, -0.2) is 47.0 Å². The van der Waals surface area contributed by atoms with Gasteiger partial charge < -0.3 is 20.1 Å². The van der Waals surface area contributed by atoms with E-state index in [-0.39, 0.29) is 25.6 Å². The fourth-order valence-corrected chi connectivity index (χ4v) is 4.68. The van der Waals surface area contributed by atoms with Crippen LogP contribution in [0.4, 0.5) is 0 Å². The molecule has 0 radical (unpaired) electrons. The number of carbonyl (C=O) groups excluding carboxylic acids is 3. The number of fused-ring (bicyclic) bond motifs is 1. The third-order valence-corrected chi connectivity index (χ3v) is 5.94. The summed E-state index contributed by atoms with van der Waals surface area (Å²) in [6, 6.07) is 9.37. The number of nitrogens with zero attached hydrogens (tertiary/aromatic N) is 1. The van der Waals surface area contributed by atoms with Crippen LogP contribution in [0.3, 0.4) is 0 Å². The van der Waals surface area contributed by atoms with Crippen molar-refractivity contribution in [3.05, 3.63) is 47.5 Å². The van der Waals surface area contributed by atoms with E-state index in [9.17, 15) is 14.4 Å². The lowest BCUT2D eigenvalue weighted by molar-refractivity contribution is -0.158. The minimum atomic E-state index is -0.901. The van der Waals surface area contributed by atoms with E-state index in [0.29, 0.717) is 0 Å². The van der Waals surface area contributed by atoms with E-state index in [4.69, 9.17) is 15.2 Å². The second-order valence-corrected chi connectivity index (χ2v) is 7.70. The van der Waals surface area contributed by atoms with Gasteiger partial charge in [-0.1, -0.05) is 30.3 Å². The molecule has 2 amide bonds. The number of carbonyl (C=O) groups is 3. The molecule has 7 heteroatoms. The van der Waals surface area contributed by atoms with Crippen LogP contribution < -0.4 is 5.73 Å². The lowest BCUT2D eigenvalue weighted by Gasteiger charge is -2.31. The van der Waals surface area contributed by atoms with Crippen LogP contribution in [0.15, 0.2) is 42.0 Å². The van der Waals surface area contributed by atoms with Crippen LogP contribution in [0.1, 0.15) is 19.4 Å². The zero-order valence-electron chi connectivity index (χ0n) is 15.3. The van der Waals surface area contributed by atoms with Gasteiger partial charge in [-0.3, -0.25) is 14.4 Å². The first-order chi connectivity index (χ1) is 12.8. The number of amides is 2. The van der Waals surface area contributed by atoms with Gasteiger partial charge in [-0.25, -0.2) is 0 Å². The van der Waals surface area contributed by atoms with Crippen molar-refractivity contribution in [1.29, 1.82) is 0 Å². The molecular formula is C20H22N2O5. The second-order valence-electron chi connectivity index (χ2n) is 7.70. The van der Waals surface area contributed by atoms with Crippen LogP contribution in [0, 0.1) is 11.8 Å². The molecule has 1 aromatic rings. The maximum absolute atomic E-state index is 13.0. The van der Waals surface area contributed by atoms with Gasteiger partial charge in [0.15, 0.2) is 0 Å². The van der Waals surface area contributed by atoms with E-state index in [1.807, 2.05) is 50.3 Å². The number of hydrogen-bond donors (Lipinski definition) is 1. The average Bonchev–Trinajstić information content (AvgIpc) is 3.12. The minimum absolute atomic E-state index is 0.133. The lowest BCUT2D eigenvalue weighted by Crippen LogP contribution is -2.46. The predicted octanol–water partition coefficient (Wildman–Crippen LogP) is 0.777. The molecule has 3 aliphatic rings. The molecule has 27 heavy (non-hydrogen) atoms. The quantitative estimate of drug-likeness (QED) is 0.610. The zero-order chi connectivity index (χ0) is 19.4. The normalized spacial score (nSPS) is 33.8. The molecule has 3 aliphatic heterocycles. The summed E-state index contributed by atoms with van der Waals surface area (Å²) in [5, 5.41) is 0. The highest BCUT2D eigenvalue weighted by Crippen LogP contribution is 2.60. The second kappa shape index (κ2) is 5.92. The van der Waals surface area contributed by atoms with E-state index in [0.717, 1.165) is 11.1 Å². The number of hydrogen-bond acceptors (Lipinski definition) is 5. The third kappa shape index (κ3) is 2.56. The minimum Gasteiger partial charge on any atom is -0.460 e. The molecule has 1 aromatic carbocycles. The molecule has 142 valence electrons. The van der Waals surface area contributed by atoms with Crippen molar-refractivity contribution >= 4 is 17.8 Å². The summed E-state index contributed by atoms with van der Waals surface area (Å²) >= 11 is 0. The fraction of sp³-hybridized carbons (Fsp3) is 0.450. The SMILES string of the molecule is CC1=C[C@@]23CN(CC(N)=O)C(=O)[C@@H]2[C@H](C(=O)OCc2ccccc2)[C@@]1(C)O3. The van der Waals surface area contributed by atoms with E-state index >= 15 is 0 Å². The summed E-state index contributed by atoms with van der Waals surface area (Å²) in [7, 11) is 0. The Balaban J connectivity index is 1.60. The Bertz CT molecular complexity index is 851. The molecule has 7 nitrogen and oxygen atoms in total. The van der Waals surface area contributed by atoms with Crippen molar-refractivity contribution in [3.63, 3.8) is 0 Å². The van der Waals surface area contributed by atoms with Gasteiger partial charge >= 0.3 is 5.97 Å². The van der Waals surface area contributed by atoms with Gasteiger partial charge in [0.1, 0.15) is 23.7 Å². The number of likely N-dealkylation sites (tertiary alicyclic amines) is 1. The highest BCUT2D eigenvalue weighted by molar-refractivity contribution is 5.94. The van der Waals surface area contributed by atoms with E-state index in [1.54, 1.807) is 0 Å². The summed E-state index contributed by atoms with van der Waals surface area (Å²) in [6.45, 7) is 3.88. The molecule has 2 N–H and O–H groups in total.